The van der Waals surface area contributed by atoms with Gasteiger partial charge in [-0.25, -0.2) is 8.42 Å². The number of Topliss-reactive ketones (excluding diaryl/α,β-unsaturated/α-hetero) is 1. The summed E-state index contributed by atoms with van der Waals surface area (Å²) in [6.45, 7) is 0. The van der Waals surface area contributed by atoms with E-state index in [1.165, 1.54) is 0 Å². The average molecular weight is 176 g/mol. The van der Waals surface area contributed by atoms with Gasteiger partial charge in [0.25, 0.3) is 0 Å². The third-order valence-corrected chi connectivity index (χ3v) is 3.55. The van der Waals surface area contributed by atoms with Crippen LogP contribution >= 0.6 is 0 Å². The van der Waals surface area contributed by atoms with E-state index in [4.69, 9.17) is 0 Å². The van der Waals surface area contributed by atoms with Crippen LogP contribution in [0.5, 0.6) is 0 Å². The molecule has 1 aliphatic rings. The fourth-order valence-electron chi connectivity index (χ4n) is 1.40. The Morgan fingerprint density at radius 1 is 1.36 bits per heavy atom. The van der Waals surface area contributed by atoms with E-state index in [1.54, 1.807) is 0 Å². The smallest absolute Gasteiger partial charge is 0.157 e. The van der Waals surface area contributed by atoms with E-state index in [0.29, 0.717) is 12.8 Å². The molecule has 1 fully saturated rings. The minimum atomic E-state index is -3.12. The highest BCUT2D eigenvalue weighted by Crippen LogP contribution is 2.19. The van der Waals surface area contributed by atoms with E-state index < -0.39 is 15.1 Å². The topological polar surface area (TPSA) is 51.2 Å². The lowest BCUT2D eigenvalue weighted by Crippen LogP contribution is -2.32. The van der Waals surface area contributed by atoms with Crippen molar-refractivity contribution in [3.05, 3.63) is 0 Å². The summed E-state index contributed by atoms with van der Waals surface area (Å²) in [5, 5.41) is -0.698. The Morgan fingerprint density at radius 3 is 2.36 bits per heavy atom. The Balaban J connectivity index is 2.78. The largest absolute Gasteiger partial charge is 0.298 e. The second-order valence-electron chi connectivity index (χ2n) is 3.03. The molecule has 0 saturated heterocycles. The lowest BCUT2D eigenvalue weighted by Gasteiger charge is -2.17. The molecule has 0 amide bonds. The molecule has 0 unspecified atom stereocenters. The highest BCUT2D eigenvalue weighted by molar-refractivity contribution is 7.92. The van der Waals surface area contributed by atoms with Gasteiger partial charge in [-0.3, -0.25) is 4.79 Å². The summed E-state index contributed by atoms with van der Waals surface area (Å²) in [5.41, 5.74) is 0. The predicted octanol–water partition coefficient (Wildman–Crippen LogP) is 0.543. The van der Waals surface area contributed by atoms with E-state index in [9.17, 15) is 13.2 Å². The molecule has 0 aromatic heterocycles. The van der Waals surface area contributed by atoms with Crippen LogP contribution in [-0.4, -0.2) is 25.7 Å². The molecule has 0 aromatic rings. The molecule has 11 heavy (non-hydrogen) atoms. The van der Waals surface area contributed by atoms with Crippen molar-refractivity contribution in [3.63, 3.8) is 0 Å². The monoisotopic (exact) mass is 176 g/mol. The summed E-state index contributed by atoms with van der Waals surface area (Å²) < 4.78 is 22.0. The van der Waals surface area contributed by atoms with Crippen LogP contribution in [0.1, 0.15) is 25.7 Å². The number of ketones is 1. The molecule has 4 heteroatoms. The fourth-order valence-corrected chi connectivity index (χ4v) is 2.59. The first kappa shape index (κ1) is 8.71. The van der Waals surface area contributed by atoms with Crippen molar-refractivity contribution in [2.24, 2.45) is 0 Å². The zero-order valence-corrected chi connectivity index (χ0v) is 7.36. The second kappa shape index (κ2) is 2.93. The SMILES string of the molecule is CS(=O)(=O)[C@@H]1CCCCC1=O. The standard InChI is InChI=1S/C7H12O3S/c1-11(9,10)7-5-3-2-4-6(7)8/h7H,2-5H2,1H3/t7-/m1/s1. The molecule has 0 aromatic carbocycles. The molecule has 1 rings (SSSR count). The minimum absolute atomic E-state index is 0.0984. The molecule has 0 spiro atoms. The molecule has 0 N–H and O–H groups in total. The second-order valence-corrected chi connectivity index (χ2v) is 5.26. The van der Waals surface area contributed by atoms with Gasteiger partial charge in [0.2, 0.25) is 0 Å². The Kier molecular flexibility index (Phi) is 2.32. The van der Waals surface area contributed by atoms with Crippen LogP contribution in [-0.2, 0) is 14.6 Å². The van der Waals surface area contributed by atoms with E-state index in [-0.39, 0.29) is 5.78 Å². The van der Waals surface area contributed by atoms with Crippen molar-refractivity contribution < 1.29 is 13.2 Å². The van der Waals surface area contributed by atoms with Gasteiger partial charge in [0.1, 0.15) is 5.25 Å². The summed E-state index contributed by atoms with van der Waals surface area (Å²) in [6.07, 6.45) is 3.82. The zero-order valence-electron chi connectivity index (χ0n) is 6.54. The van der Waals surface area contributed by atoms with Gasteiger partial charge in [0.15, 0.2) is 15.6 Å². The van der Waals surface area contributed by atoms with Crippen molar-refractivity contribution in [3.8, 4) is 0 Å². The first-order valence-electron chi connectivity index (χ1n) is 3.73. The molecule has 3 nitrogen and oxygen atoms in total. The highest BCUT2D eigenvalue weighted by Gasteiger charge is 2.30. The average Bonchev–Trinajstić information content (AvgIpc) is 1.86. The Morgan fingerprint density at radius 2 is 2.00 bits per heavy atom. The number of carbonyl (C=O) groups excluding carboxylic acids is 1. The fraction of sp³-hybridized carbons (Fsp3) is 0.857. The quantitative estimate of drug-likeness (QED) is 0.586. The first-order valence-corrected chi connectivity index (χ1v) is 5.69. The molecule has 64 valence electrons. The number of carbonyl (C=O) groups is 1. The van der Waals surface area contributed by atoms with E-state index in [0.717, 1.165) is 19.1 Å². The van der Waals surface area contributed by atoms with Gasteiger partial charge < -0.3 is 0 Å². The van der Waals surface area contributed by atoms with Gasteiger partial charge in [-0.05, 0) is 12.8 Å². The summed E-state index contributed by atoms with van der Waals surface area (Å²) in [7, 11) is -3.12. The normalized spacial score (nSPS) is 27.0. The van der Waals surface area contributed by atoms with Gasteiger partial charge >= 0.3 is 0 Å². The Hall–Kier alpha value is -0.380. The van der Waals surface area contributed by atoms with Gasteiger partial charge in [0.05, 0.1) is 0 Å². The van der Waals surface area contributed by atoms with Crippen molar-refractivity contribution in [2.45, 2.75) is 30.9 Å². The van der Waals surface area contributed by atoms with E-state index in [1.807, 2.05) is 0 Å². The zero-order chi connectivity index (χ0) is 8.48. The Bertz CT molecular complexity index is 253. The number of hydrogen-bond acceptors (Lipinski definition) is 3. The van der Waals surface area contributed by atoms with Crippen LogP contribution in [0, 0.1) is 0 Å². The molecule has 0 heterocycles. The summed E-state index contributed by atoms with van der Waals surface area (Å²) >= 11 is 0. The molecular weight excluding hydrogens is 164 g/mol. The minimum Gasteiger partial charge on any atom is -0.298 e. The summed E-state index contributed by atoms with van der Waals surface area (Å²) in [5.74, 6) is -0.0984. The van der Waals surface area contributed by atoms with Crippen molar-refractivity contribution >= 4 is 15.6 Å². The maximum Gasteiger partial charge on any atom is 0.157 e. The molecule has 1 saturated carbocycles. The lowest BCUT2D eigenvalue weighted by molar-refractivity contribution is -0.119. The van der Waals surface area contributed by atoms with Gasteiger partial charge in [-0.2, -0.15) is 0 Å². The van der Waals surface area contributed by atoms with Gasteiger partial charge in [-0.1, -0.05) is 6.42 Å². The van der Waals surface area contributed by atoms with E-state index in [2.05, 4.69) is 0 Å². The number of rotatable bonds is 1. The molecule has 1 atom stereocenters. The number of sulfone groups is 1. The third kappa shape index (κ3) is 2.02. The molecular formula is C7H12O3S. The van der Waals surface area contributed by atoms with E-state index >= 15 is 0 Å². The van der Waals surface area contributed by atoms with Gasteiger partial charge in [0, 0.05) is 12.7 Å². The third-order valence-electron chi connectivity index (χ3n) is 2.02. The van der Waals surface area contributed by atoms with Crippen LogP contribution in [0.3, 0.4) is 0 Å². The highest BCUT2D eigenvalue weighted by atomic mass is 32.2. The maximum atomic E-state index is 11.1. The van der Waals surface area contributed by atoms with Crippen LogP contribution in [0.4, 0.5) is 0 Å². The maximum absolute atomic E-state index is 11.1. The van der Waals surface area contributed by atoms with Crippen molar-refractivity contribution in [1.82, 2.24) is 0 Å². The van der Waals surface area contributed by atoms with Crippen LogP contribution < -0.4 is 0 Å². The molecule has 1 aliphatic carbocycles. The summed E-state index contributed by atoms with van der Waals surface area (Å²) in [6, 6.07) is 0. The van der Waals surface area contributed by atoms with Crippen LogP contribution in [0.15, 0.2) is 0 Å². The van der Waals surface area contributed by atoms with Crippen molar-refractivity contribution in [2.75, 3.05) is 6.26 Å². The van der Waals surface area contributed by atoms with Crippen LogP contribution in [0.2, 0.25) is 0 Å². The lowest BCUT2D eigenvalue weighted by atomic mass is 9.99. The first-order chi connectivity index (χ1) is 5.02. The number of hydrogen-bond donors (Lipinski definition) is 0. The molecule has 0 radical (unpaired) electrons. The Labute approximate surface area is 66.7 Å². The van der Waals surface area contributed by atoms with Crippen LogP contribution in [0.25, 0.3) is 0 Å². The van der Waals surface area contributed by atoms with Gasteiger partial charge in [-0.15, -0.1) is 0 Å². The molecule has 0 bridgehead atoms. The summed E-state index contributed by atoms with van der Waals surface area (Å²) in [4.78, 5) is 11.1. The van der Waals surface area contributed by atoms with Crippen molar-refractivity contribution in [1.29, 1.82) is 0 Å². The molecule has 0 aliphatic heterocycles. The predicted molar refractivity (Wildman–Crippen MR) is 42.1 cm³/mol.